The first-order valence-electron chi connectivity index (χ1n) is 9.87. The number of esters is 1. The Morgan fingerprint density at radius 2 is 1.53 bits per heavy atom. The summed E-state index contributed by atoms with van der Waals surface area (Å²) in [7, 11) is 0. The van der Waals surface area contributed by atoms with Crippen molar-refractivity contribution >= 4 is 28.4 Å². The van der Waals surface area contributed by atoms with Gasteiger partial charge in [-0.3, -0.25) is 4.79 Å². The summed E-state index contributed by atoms with van der Waals surface area (Å²) in [5.41, 5.74) is 1.56. The Morgan fingerprint density at radius 1 is 0.906 bits per heavy atom. The summed E-state index contributed by atoms with van der Waals surface area (Å²) in [5.74, 6) is -1.11. The minimum absolute atomic E-state index is 0. The summed E-state index contributed by atoms with van der Waals surface area (Å²) < 4.78 is 5.01. The van der Waals surface area contributed by atoms with Gasteiger partial charge < -0.3 is 9.57 Å². The maximum atomic E-state index is 12.4. The Labute approximate surface area is 196 Å². The van der Waals surface area contributed by atoms with Crippen molar-refractivity contribution in [3.05, 3.63) is 48.0 Å². The van der Waals surface area contributed by atoms with Gasteiger partial charge in [0.25, 0.3) is 0 Å². The van der Waals surface area contributed by atoms with Crippen molar-refractivity contribution in [2.24, 2.45) is 17.0 Å². The molecule has 182 valence electrons. The number of ether oxygens (including phenoxy) is 1. The van der Waals surface area contributed by atoms with Gasteiger partial charge in [-0.05, 0) is 55.5 Å². The standard InChI is InChI=1S/C23H29NO4.4CH4/c1-5-18(12-11-16(3)22(25)27-6-2)23(26)28-24-17(4)20-14-13-19-9-7-8-10-21(19)15-20;;;;/h7-10,13-16,18H,5-6,11-12H2,1-4H3;4*1H4. The van der Waals surface area contributed by atoms with Crippen LogP contribution < -0.4 is 0 Å². The van der Waals surface area contributed by atoms with E-state index in [1.54, 1.807) is 6.92 Å². The Morgan fingerprint density at radius 3 is 2.12 bits per heavy atom. The van der Waals surface area contributed by atoms with E-state index in [1.165, 1.54) is 0 Å². The lowest BCUT2D eigenvalue weighted by Crippen LogP contribution is -2.20. The molecular weight excluding hydrogens is 402 g/mol. The highest BCUT2D eigenvalue weighted by atomic mass is 16.7. The zero-order valence-electron chi connectivity index (χ0n) is 17.1. The molecule has 32 heavy (non-hydrogen) atoms. The lowest BCUT2D eigenvalue weighted by atomic mass is 9.95. The minimum atomic E-state index is -0.362. The highest BCUT2D eigenvalue weighted by molar-refractivity contribution is 6.01. The molecule has 0 fully saturated rings. The van der Waals surface area contributed by atoms with Crippen LogP contribution in [0.3, 0.4) is 0 Å². The van der Waals surface area contributed by atoms with Crippen LogP contribution in [0.2, 0.25) is 0 Å². The number of carbonyl (C=O) groups excluding carboxylic acids is 2. The molecule has 2 aromatic rings. The molecule has 5 heteroatoms. The van der Waals surface area contributed by atoms with Crippen LogP contribution in [0.5, 0.6) is 0 Å². The van der Waals surface area contributed by atoms with Crippen molar-refractivity contribution < 1.29 is 19.2 Å². The van der Waals surface area contributed by atoms with Gasteiger partial charge in [0.1, 0.15) is 0 Å². The number of hydrogen-bond donors (Lipinski definition) is 0. The number of hydrogen-bond acceptors (Lipinski definition) is 5. The third-order valence-corrected chi connectivity index (χ3v) is 4.90. The Kier molecular flexibility index (Phi) is 18.0. The first kappa shape index (κ1) is 33.9. The van der Waals surface area contributed by atoms with Gasteiger partial charge in [-0.1, -0.05) is 85.1 Å². The minimum Gasteiger partial charge on any atom is -0.466 e. The van der Waals surface area contributed by atoms with Gasteiger partial charge in [-0.2, -0.15) is 0 Å². The molecule has 0 amide bonds. The summed E-state index contributed by atoms with van der Waals surface area (Å²) in [6.07, 6.45) is 1.79. The smallest absolute Gasteiger partial charge is 0.338 e. The molecule has 5 nitrogen and oxygen atoms in total. The van der Waals surface area contributed by atoms with Gasteiger partial charge in [0, 0.05) is 0 Å². The summed E-state index contributed by atoms with van der Waals surface area (Å²) in [4.78, 5) is 29.3. The Hall–Kier alpha value is -2.69. The molecule has 0 aliphatic carbocycles. The monoisotopic (exact) mass is 447 g/mol. The Bertz CT molecular complexity index is 844. The molecule has 0 spiro atoms. The van der Waals surface area contributed by atoms with Gasteiger partial charge in [0.15, 0.2) is 0 Å². The van der Waals surface area contributed by atoms with Crippen LogP contribution in [-0.2, 0) is 19.2 Å². The third-order valence-electron chi connectivity index (χ3n) is 4.90. The van der Waals surface area contributed by atoms with E-state index >= 15 is 0 Å². The van der Waals surface area contributed by atoms with E-state index in [-0.39, 0.29) is 53.5 Å². The molecule has 0 aliphatic heterocycles. The number of benzene rings is 2. The van der Waals surface area contributed by atoms with Gasteiger partial charge in [0.05, 0.1) is 24.2 Å². The molecule has 0 aromatic heterocycles. The van der Waals surface area contributed by atoms with Gasteiger partial charge in [0.2, 0.25) is 0 Å². The maximum absolute atomic E-state index is 12.4. The van der Waals surface area contributed by atoms with E-state index in [2.05, 4.69) is 11.2 Å². The number of carbonyl (C=O) groups is 2. The summed E-state index contributed by atoms with van der Waals surface area (Å²) >= 11 is 0. The fourth-order valence-corrected chi connectivity index (χ4v) is 3.00. The summed E-state index contributed by atoms with van der Waals surface area (Å²) in [6, 6.07) is 14.1. The van der Waals surface area contributed by atoms with Crippen LogP contribution in [-0.4, -0.2) is 24.3 Å². The topological polar surface area (TPSA) is 65.0 Å². The van der Waals surface area contributed by atoms with Crippen LogP contribution in [0.4, 0.5) is 0 Å². The molecule has 2 unspecified atom stereocenters. The average Bonchev–Trinajstić information content (AvgIpc) is 2.71. The molecule has 2 atom stereocenters. The van der Waals surface area contributed by atoms with Crippen molar-refractivity contribution in [2.45, 2.75) is 76.7 Å². The molecule has 0 radical (unpaired) electrons. The van der Waals surface area contributed by atoms with Crippen LogP contribution in [0, 0.1) is 11.8 Å². The molecule has 0 saturated carbocycles. The zero-order chi connectivity index (χ0) is 20.5. The largest absolute Gasteiger partial charge is 0.466 e. The van der Waals surface area contributed by atoms with Crippen LogP contribution in [0.25, 0.3) is 10.8 Å². The molecule has 2 aromatic carbocycles. The van der Waals surface area contributed by atoms with Crippen molar-refractivity contribution in [1.82, 2.24) is 0 Å². The molecule has 0 aliphatic rings. The van der Waals surface area contributed by atoms with E-state index in [4.69, 9.17) is 9.57 Å². The van der Waals surface area contributed by atoms with E-state index in [0.717, 1.165) is 16.3 Å². The molecular formula is C27H45NO4. The zero-order valence-corrected chi connectivity index (χ0v) is 17.1. The summed E-state index contributed by atoms with van der Waals surface area (Å²) in [5, 5.41) is 6.30. The SMILES string of the molecule is C.C.C.C.CCOC(=O)C(C)CCC(CC)C(=O)ON=C(C)c1ccc2ccccc2c1. The highest BCUT2D eigenvalue weighted by Crippen LogP contribution is 2.19. The lowest BCUT2D eigenvalue weighted by Gasteiger charge is -2.15. The number of fused-ring (bicyclic) bond motifs is 1. The lowest BCUT2D eigenvalue weighted by molar-refractivity contribution is -0.151. The van der Waals surface area contributed by atoms with Crippen molar-refractivity contribution in [3.8, 4) is 0 Å². The molecule has 0 heterocycles. The van der Waals surface area contributed by atoms with E-state index in [9.17, 15) is 9.59 Å². The number of rotatable bonds is 9. The van der Waals surface area contributed by atoms with Crippen LogP contribution in [0.15, 0.2) is 47.6 Å². The second-order valence-corrected chi connectivity index (χ2v) is 6.98. The van der Waals surface area contributed by atoms with Crippen molar-refractivity contribution in [1.29, 1.82) is 0 Å². The first-order valence-corrected chi connectivity index (χ1v) is 9.87. The first-order chi connectivity index (χ1) is 13.5. The van der Waals surface area contributed by atoms with E-state index < -0.39 is 0 Å². The predicted molar refractivity (Wildman–Crippen MR) is 138 cm³/mol. The van der Waals surface area contributed by atoms with Crippen molar-refractivity contribution in [3.63, 3.8) is 0 Å². The van der Waals surface area contributed by atoms with E-state index in [0.29, 0.717) is 31.6 Å². The average molecular weight is 448 g/mol. The van der Waals surface area contributed by atoms with Crippen LogP contribution in [0.1, 0.15) is 82.2 Å². The molecule has 2 rings (SSSR count). The van der Waals surface area contributed by atoms with Gasteiger partial charge in [-0.25, -0.2) is 4.79 Å². The van der Waals surface area contributed by atoms with Gasteiger partial charge in [-0.15, -0.1) is 0 Å². The fourth-order valence-electron chi connectivity index (χ4n) is 3.00. The van der Waals surface area contributed by atoms with Gasteiger partial charge >= 0.3 is 11.9 Å². The normalized spacial score (nSPS) is 12.1. The second kappa shape index (κ2) is 16.9. The predicted octanol–water partition coefficient (Wildman–Crippen LogP) is 7.66. The quantitative estimate of drug-likeness (QED) is 0.171. The van der Waals surface area contributed by atoms with Crippen molar-refractivity contribution in [2.75, 3.05) is 6.61 Å². The molecule has 0 saturated heterocycles. The summed E-state index contributed by atoms with van der Waals surface area (Å²) in [6.45, 7) is 7.72. The number of oxime groups is 1. The Balaban J connectivity index is -0.00000210. The number of nitrogens with zero attached hydrogens (tertiary/aromatic N) is 1. The molecule has 0 bridgehead atoms. The second-order valence-electron chi connectivity index (χ2n) is 6.98. The highest BCUT2D eigenvalue weighted by Gasteiger charge is 2.22. The third kappa shape index (κ3) is 9.63. The fraction of sp³-hybridized carbons (Fsp3) is 0.519. The van der Waals surface area contributed by atoms with Crippen LogP contribution >= 0.6 is 0 Å². The maximum Gasteiger partial charge on any atom is 0.338 e. The molecule has 0 N–H and O–H groups in total. The van der Waals surface area contributed by atoms with E-state index in [1.807, 2.05) is 57.2 Å².